The van der Waals surface area contributed by atoms with Gasteiger partial charge < -0.3 is 0 Å². The van der Waals surface area contributed by atoms with Gasteiger partial charge in [0.1, 0.15) is 5.57 Å². The van der Waals surface area contributed by atoms with Crippen molar-refractivity contribution in [1.82, 2.24) is 10.9 Å². The lowest BCUT2D eigenvalue weighted by Crippen LogP contribution is -2.30. The molecular weight excluding hydrogens is 470 g/mol. The molecule has 0 bridgehead atoms. The first-order chi connectivity index (χ1) is 18.0. The van der Waals surface area contributed by atoms with Crippen LogP contribution < -0.4 is 10.9 Å². The van der Waals surface area contributed by atoms with Crippen molar-refractivity contribution in [2.24, 2.45) is 10.2 Å². The molecule has 0 aliphatic carbocycles. The third kappa shape index (κ3) is 9.02. The molecule has 0 fully saturated rings. The average Bonchev–Trinajstić information content (AvgIpc) is 2.92. The molecule has 3 rings (SSSR count). The van der Waals surface area contributed by atoms with Crippen LogP contribution in [0.2, 0.25) is 0 Å². The molecule has 2 N–H and O–H groups in total. The van der Waals surface area contributed by atoms with E-state index < -0.39 is 16.7 Å². The topological polar surface area (TPSA) is 126 Å². The number of nitro benzene ring substituents is 1. The number of hydrogen-bond donors (Lipinski definition) is 2. The van der Waals surface area contributed by atoms with Gasteiger partial charge in [-0.05, 0) is 47.1 Å². The van der Waals surface area contributed by atoms with E-state index in [1.165, 1.54) is 42.8 Å². The minimum Gasteiger partial charge on any atom is -0.267 e. The largest absolute Gasteiger partial charge is 0.277 e. The van der Waals surface area contributed by atoms with E-state index in [9.17, 15) is 19.7 Å². The fourth-order valence-electron chi connectivity index (χ4n) is 2.93. The summed E-state index contributed by atoms with van der Waals surface area (Å²) in [7, 11) is 0. The van der Waals surface area contributed by atoms with Gasteiger partial charge >= 0.3 is 0 Å². The molecule has 0 aliphatic rings. The Morgan fingerprint density at radius 2 is 1.14 bits per heavy atom. The molecule has 0 spiro atoms. The maximum Gasteiger partial charge on any atom is 0.277 e. The van der Waals surface area contributed by atoms with Crippen molar-refractivity contribution >= 4 is 48.2 Å². The molecule has 184 valence electrons. The van der Waals surface area contributed by atoms with Crippen LogP contribution in [0.25, 0.3) is 18.2 Å². The fraction of sp³-hybridized carbons (Fsp3) is 0. The van der Waals surface area contributed by atoms with Crippen LogP contribution >= 0.6 is 0 Å². The summed E-state index contributed by atoms with van der Waals surface area (Å²) in [5, 5.41) is 18.6. The van der Waals surface area contributed by atoms with Gasteiger partial charge in [0, 0.05) is 24.6 Å². The van der Waals surface area contributed by atoms with Crippen LogP contribution in [0.5, 0.6) is 0 Å². The summed E-state index contributed by atoms with van der Waals surface area (Å²) in [5.41, 5.74) is 6.52. The first kappa shape index (κ1) is 26.2. The van der Waals surface area contributed by atoms with Crippen molar-refractivity contribution < 1.29 is 14.5 Å². The predicted molar refractivity (Wildman–Crippen MR) is 145 cm³/mol. The van der Waals surface area contributed by atoms with Gasteiger partial charge in [0.05, 0.1) is 4.92 Å². The maximum absolute atomic E-state index is 12.7. The van der Waals surface area contributed by atoms with Crippen LogP contribution in [-0.4, -0.2) is 29.2 Å². The highest BCUT2D eigenvalue weighted by Gasteiger charge is 2.18. The Labute approximate surface area is 213 Å². The number of hydrogen-bond acceptors (Lipinski definition) is 6. The van der Waals surface area contributed by atoms with Crippen molar-refractivity contribution in [1.29, 1.82) is 0 Å². The number of benzene rings is 3. The Bertz CT molecular complexity index is 1290. The average molecular weight is 494 g/mol. The number of nitro groups is 1. The highest BCUT2D eigenvalue weighted by Crippen LogP contribution is 2.15. The molecule has 0 saturated heterocycles. The standard InChI is InChI=1S/C28H23N5O4/c34-27(31-29-19-7-13-22-9-3-1-4-10-22)26(21-24-15-17-25(18-16-24)33(36)37)28(35)32-30-20-8-14-23-11-5-2-6-12-23/h1-21H,(H,31,34)(H,32,35)/b13-7+,14-8+,29-19+,30-20+. The van der Waals surface area contributed by atoms with E-state index >= 15 is 0 Å². The highest BCUT2D eigenvalue weighted by molar-refractivity contribution is 6.21. The number of rotatable bonds is 10. The Morgan fingerprint density at radius 3 is 1.57 bits per heavy atom. The number of carbonyl (C=O) groups excluding carboxylic acids is 2. The lowest BCUT2D eigenvalue weighted by Gasteiger charge is -2.05. The van der Waals surface area contributed by atoms with Crippen LogP contribution in [0, 0.1) is 10.1 Å². The number of allylic oxidation sites excluding steroid dienone is 2. The van der Waals surface area contributed by atoms with Gasteiger partial charge in [-0.2, -0.15) is 10.2 Å². The zero-order valence-electron chi connectivity index (χ0n) is 19.6. The molecule has 0 atom stereocenters. The molecule has 3 aromatic rings. The molecule has 9 nitrogen and oxygen atoms in total. The Morgan fingerprint density at radius 1 is 0.676 bits per heavy atom. The molecule has 3 aromatic carbocycles. The van der Waals surface area contributed by atoms with Gasteiger partial charge in [-0.1, -0.05) is 72.8 Å². The fourth-order valence-corrected chi connectivity index (χ4v) is 2.93. The van der Waals surface area contributed by atoms with Gasteiger partial charge in [-0.25, -0.2) is 10.9 Å². The van der Waals surface area contributed by atoms with Gasteiger partial charge in [-0.15, -0.1) is 0 Å². The van der Waals surface area contributed by atoms with E-state index in [1.54, 1.807) is 24.3 Å². The molecule has 0 radical (unpaired) electrons. The van der Waals surface area contributed by atoms with E-state index in [0.717, 1.165) is 11.1 Å². The van der Waals surface area contributed by atoms with Crippen molar-refractivity contribution in [2.45, 2.75) is 0 Å². The number of hydrazone groups is 2. The summed E-state index contributed by atoms with van der Waals surface area (Å²) in [6.07, 6.45) is 10.9. The number of nitrogens with one attached hydrogen (secondary N) is 2. The second kappa shape index (κ2) is 14.1. The Balaban J connectivity index is 1.70. The SMILES string of the molecule is O=C(N/N=C/C=C/c1ccccc1)C(=Cc1ccc([N+](=O)[O-])cc1)C(=O)N/N=C/C=C/c1ccccc1. The van der Waals surface area contributed by atoms with Gasteiger partial charge in [0.2, 0.25) is 0 Å². The zero-order valence-corrected chi connectivity index (χ0v) is 19.6. The number of carbonyl (C=O) groups is 2. The maximum atomic E-state index is 12.7. The van der Waals surface area contributed by atoms with Crippen molar-refractivity contribution in [3.8, 4) is 0 Å². The number of non-ortho nitro benzene ring substituents is 1. The van der Waals surface area contributed by atoms with E-state index in [2.05, 4.69) is 21.1 Å². The third-order valence-corrected chi connectivity index (χ3v) is 4.73. The summed E-state index contributed by atoms with van der Waals surface area (Å²) in [4.78, 5) is 35.8. The van der Waals surface area contributed by atoms with Crippen LogP contribution in [0.1, 0.15) is 16.7 Å². The van der Waals surface area contributed by atoms with Gasteiger partial charge in [-0.3, -0.25) is 19.7 Å². The Hall–Kier alpha value is -5.44. The first-order valence-electron chi connectivity index (χ1n) is 11.1. The monoisotopic (exact) mass is 493 g/mol. The summed E-state index contributed by atoms with van der Waals surface area (Å²) < 4.78 is 0. The molecule has 9 heteroatoms. The minimum atomic E-state index is -0.782. The highest BCUT2D eigenvalue weighted by atomic mass is 16.6. The predicted octanol–water partition coefficient (Wildman–Crippen LogP) is 4.61. The molecule has 0 heterocycles. The number of nitrogens with zero attached hydrogens (tertiary/aromatic N) is 3. The van der Waals surface area contributed by atoms with E-state index in [4.69, 9.17) is 0 Å². The normalized spacial score (nSPS) is 11.2. The molecule has 0 unspecified atom stereocenters. The third-order valence-electron chi connectivity index (χ3n) is 4.73. The lowest BCUT2D eigenvalue weighted by molar-refractivity contribution is -0.384. The molecule has 2 amide bonds. The van der Waals surface area contributed by atoms with E-state index in [-0.39, 0.29) is 11.3 Å². The van der Waals surface area contributed by atoms with E-state index in [1.807, 2.05) is 60.7 Å². The zero-order chi connectivity index (χ0) is 26.3. The molecule has 37 heavy (non-hydrogen) atoms. The van der Waals surface area contributed by atoms with Crippen LogP contribution in [0.15, 0.2) is 113 Å². The van der Waals surface area contributed by atoms with Crippen molar-refractivity contribution in [3.63, 3.8) is 0 Å². The van der Waals surface area contributed by atoms with Gasteiger partial charge in [0.15, 0.2) is 0 Å². The van der Waals surface area contributed by atoms with Gasteiger partial charge in [0.25, 0.3) is 17.5 Å². The first-order valence-corrected chi connectivity index (χ1v) is 11.1. The van der Waals surface area contributed by atoms with Crippen LogP contribution in [0.4, 0.5) is 5.69 Å². The lowest BCUT2D eigenvalue weighted by atomic mass is 10.1. The number of amides is 2. The molecule has 0 saturated carbocycles. The summed E-state index contributed by atoms with van der Waals surface area (Å²) in [6.45, 7) is 0. The second-order valence-corrected chi connectivity index (χ2v) is 7.38. The molecule has 0 aromatic heterocycles. The second-order valence-electron chi connectivity index (χ2n) is 7.38. The summed E-state index contributed by atoms with van der Waals surface area (Å²) >= 11 is 0. The minimum absolute atomic E-state index is 0.114. The quantitative estimate of drug-likeness (QED) is 0.107. The van der Waals surface area contributed by atoms with Crippen molar-refractivity contribution in [2.75, 3.05) is 0 Å². The van der Waals surface area contributed by atoms with Crippen LogP contribution in [-0.2, 0) is 9.59 Å². The molecular formula is C28H23N5O4. The van der Waals surface area contributed by atoms with E-state index in [0.29, 0.717) is 5.56 Å². The summed E-state index contributed by atoms with van der Waals surface area (Å²) in [6, 6.07) is 24.4. The van der Waals surface area contributed by atoms with Crippen LogP contribution in [0.3, 0.4) is 0 Å². The van der Waals surface area contributed by atoms with Crippen molar-refractivity contribution in [3.05, 3.63) is 129 Å². The smallest absolute Gasteiger partial charge is 0.267 e. The molecule has 0 aliphatic heterocycles. The Kier molecular flexibility index (Phi) is 9.95. The summed E-state index contributed by atoms with van der Waals surface area (Å²) in [5.74, 6) is -1.56.